The molecular weight excluding hydrogens is 452 g/mol. The molecule has 0 aliphatic heterocycles. The van der Waals surface area contributed by atoms with Crippen LogP contribution in [0.2, 0.25) is 0 Å². The molecule has 1 heterocycles. The van der Waals surface area contributed by atoms with Crippen LogP contribution >= 0.6 is 15.9 Å². The van der Waals surface area contributed by atoms with Gasteiger partial charge in [0.2, 0.25) is 0 Å². The fourth-order valence-electron chi connectivity index (χ4n) is 3.01. The van der Waals surface area contributed by atoms with Gasteiger partial charge in [0.15, 0.2) is 5.69 Å². The van der Waals surface area contributed by atoms with E-state index in [4.69, 9.17) is 10.5 Å². The number of anilines is 2. The quantitative estimate of drug-likeness (QED) is 0.547. The third-order valence-corrected chi connectivity index (χ3v) is 5.05. The van der Waals surface area contributed by atoms with Gasteiger partial charge in [0.05, 0.1) is 13.2 Å². The number of rotatable bonds is 7. The van der Waals surface area contributed by atoms with Crippen LogP contribution in [0.4, 0.5) is 11.5 Å². The summed E-state index contributed by atoms with van der Waals surface area (Å²) in [7, 11) is 1.49. The highest BCUT2D eigenvalue weighted by Crippen LogP contribution is 2.21. The number of aromatic amines is 1. The minimum absolute atomic E-state index is 0.0855. The number of nitrogens with one attached hydrogen (secondary N) is 1. The number of benzene rings is 2. The summed E-state index contributed by atoms with van der Waals surface area (Å²) in [6.45, 7) is 0.418. The van der Waals surface area contributed by atoms with Gasteiger partial charge in [-0.1, -0.05) is 46.3 Å². The lowest BCUT2D eigenvalue weighted by Crippen LogP contribution is -2.42. The van der Waals surface area contributed by atoms with Crippen LogP contribution in [0.15, 0.2) is 68.7 Å². The number of methoxy groups -OCH3 is 1. The van der Waals surface area contributed by atoms with E-state index in [0.29, 0.717) is 5.56 Å². The van der Waals surface area contributed by atoms with Crippen LogP contribution in [0, 0.1) is 0 Å². The summed E-state index contributed by atoms with van der Waals surface area (Å²) in [5.41, 5.74) is 5.98. The Hall–Kier alpha value is -3.17. The number of hydrogen-bond acceptors (Lipinski definition) is 5. The summed E-state index contributed by atoms with van der Waals surface area (Å²) >= 11 is 3.33. The van der Waals surface area contributed by atoms with Crippen LogP contribution in [0.25, 0.3) is 0 Å². The van der Waals surface area contributed by atoms with Crippen LogP contribution in [0.1, 0.15) is 15.9 Å². The van der Waals surface area contributed by atoms with Gasteiger partial charge in [-0.3, -0.25) is 24.0 Å². The first-order valence-electron chi connectivity index (χ1n) is 9.15. The van der Waals surface area contributed by atoms with Gasteiger partial charge in [-0.2, -0.15) is 0 Å². The maximum absolute atomic E-state index is 13.2. The largest absolute Gasteiger partial charge is 0.383 e. The molecule has 3 N–H and O–H groups in total. The second-order valence-electron chi connectivity index (χ2n) is 6.52. The lowest BCUT2D eigenvalue weighted by Gasteiger charge is -2.24. The number of aromatic nitrogens is 2. The number of carbonyl (C=O) groups is 1. The third-order valence-electron chi connectivity index (χ3n) is 4.52. The molecule has 0 saturated heterocycles. The van der Waals surface area contributed by atoms with Gasteiger partial charge >= 0.3 is 5.69 Å². The van der Waals surface area contributed by atoms with Crippen molar-refractivity contribution < 1.29 is 9.53 Å². The minimum Gasteiger partial charge on any atom is -0.383 e. The maximum Gasteiger partial charge on any atom is 0.330 e. The first-order chi connectivity index (χ1) is 14.4. The predicted octanol–water partition coefficient (Wildman–Crippen LogP) is 2.22. The van der Waals surface area contributed by atoms with Gasteiger partial charge in [-0.25, -0.2) is 4.79 Å². The molecule has 0 bridgehead atoms. The molecule has 0 spiro atoms. The fourth-order valence-corrected chi connectivity index (χ4v) is 3.27. The van der Waals surface area contributed by atoms with Crippen molar-refractivity contribution in [3.05, 3.63) is 91.0 Å². The Labute approximate surface area is 181 Å². The number of hydrogen-bond donors (Lipinski definition) is 2. The number of nitrogens with two attached hydrogens (primary N) is 1. The Morgan fingerprint density at radius 2 is 1.80 bits per heavy atom. The summed E-state index contributed by atoms with van der Waals surface area (Å²) in [5.74, 6) is -0.518. The highest BCUT2D eigenvalue weighted by atomic mass is 79.9. The normalized spacial score (nSPS) is 10.7. The fraction of sp³-hybridized carbons (Fsp3) is 0.190. The highest BCUT2D eigenvalue weighted by Gasteiger charge is 2.25. The molecule has 0 aliphatic rings. The Kier molecular flexibility index (Phi) is 6.86. The standard InChI is InChI=1S/C21H21BrN4O4/c1-30-12-11-25(20(28)15-7-9-16(22)10-8-15)17-18(23)26(21(29)24-19(17)27)13-14-5-3-2-4-6-14/h2-10H,11-13,23H2,1H3,(H,24,27,29). The van der Waals surface area contributed by atoms with E-state index >= 15 is 0 Å². The molecule has 156 valence electrons. The zero-order chi connectivity index (χ0) is 21.7. The second-order valence-corrected chi connectivity index (χ2v) is 7.44. The Morgan fingerprint density at radius 1 is 1.13 bits per heavy atom. The van der Waals surface area contributed by atoms with Gasteiger partial charge in [-0.15, -0.1) is 0 Å². The van der Waals surface area contributed by atoms with Crippen LogP contribution in [-0.2, 0) is 11.3 Å². The molecule has 0 aliphatic carbocycles. The van der Waals surface area contributed by atoms with Gasteiger partial charge in [0.1, 0.15) is 5.82 Å². The van der Waals surface area contributed by atoms with E-state index in [0.717, 1.165) is 10.0 Å². The van der Waals surface area contributed by atoms with Crippen LogP contribution in [0.5, 0.6) is 0 Å². The Balaban J connectivity index is 2.09. The van der Waals surface area contributed by atoms with E-state index in [9.17, 15) is 14.4 Å². The topological polar surface area (TPSA) is 110 Å². The van der Waals surface area contributed by atoms with Crippen molar-refractivity contribution in [1.82, 2.24) is 9.55 Å². The van der Waals surface area contributed by atoms with E-state index < -0.39 is 17.2 Å². The Bertz CT molecular complexity index is 1140. The summed E-state index contributed by atoms with van der Waals surface area (Å²) in [4.78, 5) is 41.8. The van der Waals surface area contributed by atoms with Gasteiger partial charge in [-0.05, 0) is 29.8 Å². The second kappa shape index (κ2) is 9.55. The molecule has 2 aromatic carbocycles. The van der Waals surface area contributed by atoms with Crippen LogP contribution in [-0.4, -0.2) is 35.7 Å². The molecule has 9 heteroatoms. The zero-order valence-electron chi connectivity index (χ0n) is 16.3. The van der Waals surface area contributed by atoms with Crippen molar-refractivity contribution in [3.8, 4) is 0 Å². The molecule has 3 rings (SSSR count). The highest BCUT2D eigenvalue weighted by molar-refractivity contribution is 9.10. The number of carbonyl (C=O) groups excluding carboxylic acids is 1. The molecule has 0 fully saturated rings. The number of nitrogen functional groups attached to an aromatic ring is 1. The molecule has 30 heavy (non-hydrogen) atoms. The SMILES string of the molecule is COCCN(C(=O)c1ccc(Br)cc1)c1c(N)n(Cc2ccccc2)c(=O)[nH]c1=O. The average Bonchev–Trinajstić information content (AvgIpc) is 2.74. The molecule has 3 aromatic rings. The van der Waals surface area contributed by atoms with Crippen molar-refractivity contribution in [2.75, 3.05) is 30.9 Å². The molecule has 0 atom stereocenters. The van der Waals surface area contributed by atoms with Gasteiger partial charge in [0, 0.05) is 23.7 Å². The van der Waals surface area contributed by atoms with E-state index in [1.165, 1.54) is 16.6 Å². The molecular formula is C21H21BrN4O4. The zero-order valence-corrected chi connectivity index (χ0v) is 17.9. The average molecular weight is 473 g/mol. The molecule has 0 radical (unpaired) electrons. The van der Waals surface area contributed by atoms with Crippen molar-refractivity contribution >= 4 is 33.3 Å². The molecule has 0 saturated carbocycles. The number of H-pyrrole nitrogens is 1. The van der Waals surface area contributed by atoms with Crippen molar-refractivity contribution in [2.24, 2.45) is 0 Å². The molecule has 1 aromatic heterocycles. The van der Waals surface area contributed by atoms with Gasteiger partial charge < -0.3 is 10.5 Å². The van der Waals surface area contributed by atoms with Crippen molar-refractivity contribution in [1.29, 1.82) is 0 Å². The molecule has 0 unspecified atom stereocenters. The number of amides is 1. The summed E-state index contributed by atoms with van der Waals surface area (Å²) < 4.78 is 7.16. The molecule has 8 nitrogen and oxygen atoms in total. The maximum atomic E-state index is 13.2. The van der Waals surface area contributed by atoms with Crippen LogP contribution in [0.3, 0.4) is 0 Å². The summed E-state index contributed by atoms with van der Waals surface area (Å²) in [5, 5.41) is 0. The summed E-state index contributed by atoms with van der Waals surface area (Å²) in [6.07, 6.45) is 0. The first kappa shape index (κ1) is 21.5. The monoisotopic (exact) mass is 472 g/mol. The van der Waals surface area contributed by atoms with Crippen LogP contribution < -0.4 is 21.9 Å². The number of ether oxygens (including phenoxy) is 1. The van der Waals surface area contributed by atoms with Crippen molar-refractivity contribution in [2.45, 2.75) is 6.54 Å². The van der Waals surface area contributed by atoms with E-state index in [1.54, 1.807) is 24.3 Å². The lowest BCUT2D eigenvalue weighted by atomic mass is 10.2. The minimum atomic E-state index is -0.733. The summed E-state index contributed by atoms with van der Waals surface area (Å²) in [6, 6.07) is 15.9. The van der Waals surface area contributed by atoms with Crippen molar-refractivity contribution in [3.63, 3.8) is 0 Å². The Morgan fingerprint density at radius 3 is 2.43 bits per heavy atom. The first-order valence-corrected chi connectivity index (χ1v) is 9.94. The number of nitrogens with zero attached hydrogens (tertiary/aromatic N) is 2. The third kappa shape index (κ3) is 4.69. The van der Waals surface area contributed by atoms with E-state index in [-0.39, 0.29) is 31.2 Å². The van der Waals surface area contributed by atoms with Gasteiger partial charge in [0.25, 0.3) is 11.5 Å². The van der Waals surface area contributed by atoms with E-state index in [1.807, 2.05) is 30.3 Å². The smallest absolute Gasteiger partial charge is 0.330 e. The predicted molar refractivity (Wildman–Crippen MR) is 119 cm³/mol. The molecule has 1 amide bonds. The lowest BCUT2D eigenvalue weighted by molar-refractivity contribution is 0.0975. The number of halogens is 1. The van der Waals surface area contributed by atoms with E-state index in [2.05, 4.69) is 20.9 Å².